The van der Waals surface area contributed by atoms with Gasteiger partial charge < -0.3 is 20.4 Å². The summed E-state index contributed by atoms with van der Waals surface area (Å²) in [6.45, 7) is 3.16. The quantitative estimate of drug-likeness (QED) is 0.287. The number of carboxylic acid groups (broad SMARTS) is 2. The topological polar surface area (TPSA) is 165 Å². The average molecular weight is 370 g/mol. The summed E-state index contributed by atoms with van der Waals surface area (Å²) in [5.41, 5.74) is 0. The number of aliphatic carboxylic acids is 2. The Hall–Kier alpha value is -1.31. The summed E-state index contributed by atoms with van der Waals surface area (Å²) in [5.74, 6) is -4.30. The minimum Gasteiger partial charge on any atom is -0.479 e. The number of aliphatic hydroxyl groups is 2. The first-order valence-electron chi connectivity index (χ1n) is 7.26. The predicted octanol–water partition coefficient (Wildman–Crippen LogP) is -3.16. The zero-order valence-corrected chi connectivity index (χ0v) is 13.8. The van der Waals surface area contributed by atoms with Crippen LogP contribution in [0.15, 0.2) is 0 Å². The van der Waals surface area contributed by atoms with Gasteiger partial charge in [-0.2, -0.15) is 8.42 Å². The highest BCUT2D eigenvalue weighted by atomic mass is 32.2. The first kappa shape index (κ1) is 20.7. The zero-order chi connectivity index (χ0) is 18.3. The van der Waals surface area contributed by atoms with E-state index < -0.39 is 40.0 Å². The molecule has 2 unspecified atom stereocenters. The second kappa shape index (κ2) is 9.25. The molecule has 0 aromatic carbocycles. The number of carbonyl (C=O) groups is 2. The Balaban J connectivity index is 2.51. The van der Waals surface area contributed by atoms with E-state index in [1.165, 1.54) is 0 Å². The van der Waals surface area contributed by atoms with Gasteiger partial charge in [0.25, 0.3) is 10.1 Å². The smallest absolute Gasteiger partial charge is 0.337 e. The molecule has 2 atom stereocenters. The summed E-state index contributed by atoms with van der Waals surface area (Å²) >= 11 is 0. The van der Waals surface area contributed by atoms with Crippen LogP contribution in [0.4, 0.5) is 0 Å². The van der Waals surface area contributed by atoms with Gasteiger partial charge in [0.05, 0.1) is 12.4 Å². The fraction of sp³-hybridized carbons (Fsp3) is 0.833. The molecule has 0 aliphatic carbocycles. The summed E-state index contributed by atoms with van der Waals surface area (Å²) in [6.07, 6.45) is -4.88. The van der Waals surface area contributed by atoms with Crippen molar-refractivity contribution in [3.63, 3.8) is 0 Å². The molecule has 1 aliphatic rings. The largest absolute Gasteiger partial charge is 0.479 e. The normalized spacial score (nSPS) is 19.8. The molecule has 0 saturated carbocycles. The van der Waals surface area contributed by atoms with E-state index in [4.69, 9.17) is 15.3 Å². The molecule has 140 valence electrons. The van der Waals surface area contributed by atoms with Gasteiger partial charge in [0.1, 0.15) is 0 Å². The third-order valence-electron chi connectivity index (χ3n) is 3.57. The number of nitrogens with zero attached hydrogens (tertiary/aromatic N) is 2. The number of carboxylic acids is 2. The highest BCUT2D eigenvalue weighted by Crippen LogP contribution is 2.08. The van der Waals surface area contributed by atoms with Crippen LogP contribution in [0.1, 0.15) is 0 Å². The van der Waals surface area contributed by atoms with Gasteiger partial charge >= 0.3 is 11.9 Å². The molecular formula is C12H22N2O9S. The van der Waals surface area contributed by atoms with Crippen LogP contribution in [0.5, 0.6) is 0 Å². The van der Waals surface area contributed by atoms with Crippen molar-refractivity contribution in [2.24, 2.45) is 0 Å². The highest BCUT2D eigenvalue weighted by Gasteiger charge is 2.37. The number of β-amino-alcohol motifs (C(OH)–C–C–N with tert-alkyl or cyclic N) is 1. The van der Waals surface area contributed by atoms with Crippen LogP contribution >= 0.6 is 0 Å². The number of piperazine rings is 1. The molecule has 11 nitrogen and oxygen atoms in total. The first-order valence-corrected chi connectivity index (χ1v) is 8.84. The SMILES string of the molecule is O=C(O)C(O)C(OS(=O)(=O)CCN1CCN(CCO)CC1)C(=O)O. The Kier molecular flexibility index (Phi) is 7.99. The molecule has 0 amide bonds. The fourth-order valence-electron chi connectivity index (χ4n) is 2.18. The molecule has 0 bridgehead atoms. The van der Waals surface area contributed by atoms with E-state index in [-0.39, 0.29) is 13.2 Å². The van der Waals surface area contributed by atoms with Gasteiger partial charge in [-0.25, -0.2) is 9.59 Å². The molecule has 4 N–H and O–H groups in total. The van der Waals surface area contributed by atoms with Gasteiger partial charge in [0.15, 0.2) is 6.10 Å². The van der Waals surface area contributed by atoms with Crippen LogP contribution in [-0.2, 0) is 23.9 Å². The van der Waals surface area contributed by atoms with E-state index in [1.54, 1.807) is 0 Å². The monoisotopic (exact) mass is 370 g/mol. The molecule has 1 heterocycles. The summed E-state index contributed by atoms with van der Waals surface area (Å²) in [6, 6.07) is 0. The van der Waals surface area contributed by atoms with Crippen molar-refractivity contribution in [3.05, 3.63) is 0 Å². The van der Waals surface area contributed by atoms with E-state index in [2.05, 4.69) is 4.18 Å². The standard InChI is InChI=1S/C12H22N2O9S/c15-7-5-13-1-3-14(4-2-13)6-8-24(21,22)23-10(12(19)20)9(16)11(17)18/h9-10,15-16H,1-8H2,(H,17,18)(H,19,20). The third kappa shape index (κ3) is 6.67. The molecule has 12 heteroatoms. The summed E-state index contributed by atoms with van der Waals surface area (Å²) in [7, 11) is -4.33. The Morgan fingerprint density at radius 2 is 1.50 bits per heavy atom. The van der Waals surface area contributed by atoms with Gasteiger partial charge in [-0.3, -0.25) is 14.0 Å². The van der Waals surface area contributed by atoms with Crippen molar-refractivity contribution in [1.82, 2.24) is 9.80 Å². The van der Waals surface area contributed by atoms with Crippen LogP contribution < -0.4 is 0 Å². The first-order chi connectivity index (χ1) is 11.2. The Morgan fingerprint density at radius 3 is 1.92 bits per heavy atom. The molecule has 1 saturated heterocycles. The maximum Gasteiger partial charge on any atom is 0.337 e. The van der Waals surface area contributed by atoms with Crippen molar-refractivity contribution >= 4 is 22.1 Å². The summed E-state index contributed by atoms with van der Waals surface area (Å²) < 4.78 is 28.0. The van der Waals surface area contributed by atoms with Crippen LogP contribution in [0, 0.1) is 0 Å². The lowest BCUT2D eigenvalue weighted by atomic mass is 10.2. The second-order valence-electron chi connectivity index (χ2n) is 5.31. The molecule has 1 fully saturated rings. The third-order valence-corrected chi connectivity index (χ3v) is 4.76. The lowest BCUT2D eigenvalue weighted by Gasteiger charge is -2.34. The van der Waals surface area contributed by atoms with Gasteiger partial charge in [-0.15, -0.1) is 0 Å². The van der Waals surface area contributed by atoms with E-state index in [9.17, 15) is 23.1 Å². The number of aliphatic hydroxyl groups excluding tert-OH is 2. The molecule has 0 aromatic heterocycles. The predicted molar refractivity (Wildman–Crippen MR) is 79.9 cm³/mol. The Morgan fingerprint density at radius 1 is 1.00 bits per heavy atom. The van der Waals surface area contributed by atoms with Gasteiger partial charge in [0, 0.05) is 39.3 Å². The van der Waals surface area contributed by atoms with Crippen molar-refractivity contribution in [3.8, 4) is 0 Å². The van der Waals surface area contributed by atoms with Crippen LogP contribution in [0.25, 0.3) is 0 Å². The number of hydrogen-bond acceptors (Lipinski definition) is 9. The van der Waals surface area contributed by atoms with Gasteiger partial charge in [-0.05, 0) is 0 Å². The molecule has 0 radical (unpaired) electrons. The Labute approximate surface area is 139 Å². The minimum atomic E-state index is -4.33. The molecule has 0 spiro atoms. The molecular weight excluding hydrogens is 348 g/mol. The van der Waals surface area contributed by atoms with Crippen LogP contribution in [0.3, 0.4) is 0 Å². The average Bonchev–Trinajstić information content (AvgIpc) is 2.51. The number of hydrogen-bond donors (Lipinski definition) is 4. The zero-order valence-electron chi connectivity index (χ0n) is 12.9. The van der Waals surface area contributed by atoms with Crippen LogP contribution in [0.2, 0.25) is 0 Å². The van der Waals surface area contributed by atoms with Gasteiger partial charge in [0.2, 0.25) is 6.10 Å². The fourth-order valence-corrected chi connectivity index (χ4v) is 3.26. The minimum absolute atomic E-state index is 0.0463. The van der Waals surface area contributed by atoms with E-state index in [0.717, 1.165) is 0 Å². The molecule has 0 aromatic rings. The number of rotatable bonds is 10. The second-order valence-corrected chi connectivity index (χ2v) is 7.02. The van der Waals surface area contributed by atoms with E-state index in [0.29, 0.717) is 32.7 Å². The molecule has 24 heavy (non-hydrogen) atoms. The lowest BCUT2D eigenvalue weighted by molar-refractivity contribution is -0.163. The highest BCUT2D eigenvalue weighted by molar-refractivity contribution is 7.86. The van der Waals surface area contributed by atoms with Crippen LogP contribution in [-0.4, -0.2) is 114 Å². The maximum absolute atomic E-state index is 11.8. The summed E-state index contributed by atoms with van der Waals surface area (Å²) in [4.78, 5) is 25.3. The maximum atomic E-state index is 11.8. The molecule has 1 aliphatic heterocycles. The van der Waals surface area contributed by atoms with Crippen molar-refractivity contribution in [2.75, 3.05) is 51.6 Å². The van der Waals surface area contributed by atoms with Crippen molar-refractivity contribution < 1.29 is 42.6 Å². The lowest BCUT2D eigenvalue weighted by Crippen LogP contribution is -2.48. The summed E-state index contributed by atoms with van der Waals surface area (Å²) in [5, 5.41) is 35.4. The van der Waals surface area contributed by atoms with Crippen molar-refractivity contribution in [2.45, 2.75) is 12.2 Å². The molecule has 1 rings (SSSR count). The van der Waals surface area contributed by atoms with Gasteiger partial charge in [-0.1, -0.05) is 0 Å². The Bertz CT molecular complexity index is 531. The van der Waals surface area contributed by atoms with E-state index >= 15 is 0 Å². The van der Waals surface area contributed by atoms with Crippen molar-refractivity contribution in [1.29, 1.82) is 0 Å². The van der Waals surface area contributed by atoms with E-state index in [1.807, 2.05) is 9.80 Å².